The molecule has 0 radical (unpaired) electrons. The maximum Gasteiger partial charge on any atom is 0.0547 e. The molecule has 3 N–H and O–H groups in total. The molecule has 0 aromatic carbocycles. The van der Waals surface area contributed by atoms with Crippen molar-refractivity contribution >= 4 is 5.71 Å². The highest BCUT2D eigenvalue weighted by Crippen LogP contribution is 2.68. The summed E-state index contributed by atoms with van der Waals surface area (Å²) in [5.74, 6) is 11.4. The van der Waals surface area contributed by atoms with Crippen molar-refractivity contribution < 1.29 is 5.11 Å². The Morgan fingerprint density at radius 1 is 1.00 bits per heavy atom. The van der Waals surface area contributed by atoms with Gasteiger partial charge in [-0.15, -0.1) is 0 Å². The van der Waals surface area contributed by atoms with Gasteiger partial charge in [0.15, 0.2) is 0 Å². The first-order valence-corrected chi connectivity index (χ1v) is 13.2. The van der Waals surface area contributed by atoms with E-state index in [0.29, 0.717) is 16.7 Å². The van der Waals surface area contributed by atoms with E-state index in [9.17, 15) is 5.11 Å². The highest BCUT2D eigenvalue weighted by Gasteiger charge is 2.61. The Labute approximate surface area is 185 Å². The molecule has 0 bridgehead atoms. The fourth-order valence-corrected chi connectivity index (χ4v) is 9.21. The maximum atomic E-state index is 10.4. The minimum absolute atomic E-state index is 0.159. The van der Waals surface area contributed by atoms with Gasteiger partial charge in [-0.3, -0.25) is 0 Å². The Hall–Kier alpha value is -0.570. The van der Waals surface area contributed by atoms with Gasteiger partial charge in [-0.1, -0.05) is 53.9 Å². The predicted octanol–water partition coefficient (Wildman–Crippen LogP) is 6.39. The van der Waals surface area contributed by atoms with Gasteiger partial charge >= 0.3 is 0 Å². The molecule has 3 nitrogen and oxygen atoms in total. The van der Waals surface area contributed by atoms with Gasteiger partial charge in [0.05, 0.1) is 6.10 Å². The van der Waals surface area contributed by atoms with Gasteiger partial charge in [-0.25, -0.2) is 0 Å². The van der Waals surface area contributed by atoms with Gasteiger partial charge in [0.2, 0.25) is 0 Å². The highest BCUT2D eigenvalue weighted by atomic mass is 16.3. The van der Waals surface area contributed by atoms with E-state index in [-0.39, 0.29) is 6.10 Å². The highest BCUT2D eigenvalue weighted by molar-refractivity contribution is 5.88. The lowest BCUT2D eigenvalue weighted by molar-refractivity contribution is -0.0939. The summed E-state index contributed by atoms with van der Waals surface area (Å²) < 4.78 is 0. The van der Waals surface area contributed by atoms with E-state index in [1.165, 1.54) is 50.7 Å². The molecule has 4 saturated carbocycles. The van der Waals surface area contributed by atoms with E-state index in [0.717, 1.165) is 61.2 Å². The fourth-order valence-electron chi connectivity index (χ4n) is 9.21. The lowest BCUT2D eigenvalue weighted by atomic mass is 9.44. The summed E-state index contributed by atoms with van der Waals surface area (Å²) in [4.78, 5) is 0. The van der Waals surface area contributed by atoms with Crippen LogP contribution in [-0.4, -0.2) is 16.9 Å². The number of aliphatic hydroxyl groups is 1. The number of aliphatic hydroxyl groups excluding tert-OH is 1. The molecular weight excluding hydrogens is 368 g/mol. The molecule has 0 aliphatic heterocycles. The zero-order chi connectivity index (χ0) is 21.7. The summed E-state index contributed by atoms with van der Waals surface area (Å²) in [5, 5.41) is 14.7. The molecule has 0 heterocycles. The topological polar surface area (TPSA) is 58.6 Å². The van der Waals surface area contributed by atoms with Crippen molar-refractivity contribution in [2.24, 2.45) is 63.2 Å². The molecule has 0 aromatic heterocycles. The second-order valence-electron chi connectivity index (χ2n) is 12.7. The second kappa shape index (κ2) is 8.41. The molecule has 0 saturated heterocycles. The van der Waals surface area contributed by atoms with Gasteiger partial charge in [0, 0.05) is 11.6 Å². The summed E-state index contributed by atoms with van der Waals surface area (Å²) in [7, 11) is 0. The van der Waals surface area contributed by atoms with Crippen LogP contribution in [0.5, 0.6) is 0 Å². The average Bonchev–Trinajstić information content (AvgIpc) is 3.05. The number of hydrazone groups is 1. The summed E-state index contributed by atoms with van der Waals surface area (Å²) in [6.45, 7) is 12.4. The Bertz CT molecular complexity index is 645. The van der Waals surface area contributed by atoms with Crippen LogP contribution < -0.4 is 5.84 Å². The van der Waals surface area contributed by atoms with E-state index in [4.69, 9.17) is 5.84 Å². The Balaban J connectivity index is 1.53. The number of hydrogen-bond acceptors (Lipinski definition) is 3. The van der Waals surface area contributed by atoms with Crippen LogP contribution in [0.4, 0.5) is 0 Å². The van der Waals surface area contributed by atoms with E-state index < -0.39 is 0 Å². The Morgan fingerprint density at radius 2 is 1.70 bits per heavy atom. The van der Waals surface area contributed by atoms with Crippen LogP contribution in [0.2, 0.25) is 0 Å². The summed E-state index contributed by atoms with van der Waals surface area (Å²) in [6.07, 6.45) is 13.8. The van der Waals surface area contributed by atoms with Gasteiger partial charge in [-0.05, 0) is 97.7 Å². The predicted molar refractivity (Wildman–Crippen MR) is 126 cm³/mol. The molecule has 3 heteroatoms. The lowest BCUT2D eigenvalue weighted by Gasteiger charge is -2.61. The number of nitrogens with zero attached hydrogens (tertiary/aromatic N) is 1. The molecule has 4 aliphatic rings. The molecule has 0 amide bonds. The van der Waals surface area contributed by atoms with Crippen LogP contribution >= 0.6 is 0 Å². The van der Waals surface area contributed by atoms with Gasteiger partial charge in [-0.2, -0.15) is 5.10 Å². The molecular formula is C27H48N2O. The number of hydrogen-bond donors (Lipinski definition) is 2. The Kier molecular flexibility index (Phi) is 6.34. The number of nitrogens with two attached hydrogens (primary N) is 1. The second-order valence-corrected chi connectivity index (χ2v) is 12.7. The zero-order valence-electron chi connectivity index (χ0n) is 20.4. The smallest absolute Gasteiger partial charge is 0.0547 e. The monoisotopic (exact) mass is 416 g/mol. The molecule has 4 aliphatic carbocycles. The SMILES string of the molecule is CC(C)CCC[C@@H](C)[C@H]1CC[C@H]2C3C/C(=N/N)[C@H]4C[C@@H](O)CC[C@]4(C)C3CC[C@]12C. The third kappa shape index (κ3) is 3.65. The lowest BCUT2D eigenvalue weighted by Crippen LogP contribution is -2.57. The largest absolute Gasteiger partial charge is 0.393 e. The van der Waals surface area contributed by atoms with Crippen molar-refractivity contribution in [1.82, 2.24) is 0 Å². The van der Waals surface area contributed by atoms with Crippen LogP contribution in [0.15, 0.2) is 5.10 Å². The normalized spacial score (nSPS) is 48.3. The molecule has 4 rings (SSSR count). The number of fused-ring (bicyclic) bond motifs is 5. The van der Waals surface area contributed by atoms with Crippen molar-refractivity contribution in [2.75, 3.05) is 0 Å². The van der Waals surface area contributed by atoms with E-state index in [1.54, 1.807) is 0 Å². The third-order valence-electron chi connectivity index (χ3n) is 10.8. The quantitative estimate of drug-likeness (QED) is 0.403. The summed E-state index contributed by atoms with van der Waals surface area (Å²) >= 11 is 0. The standard InChI is InChI=1S/C27H48N2O/c1-17(2)7-6-8-18(3)21-9-10-22-20-16-25(29-28)24-15-19(30)11-13-27(24,5)23(20)12-14-26(21,22)4/h17-24,30H,6-16,28H2,1-5H3/b29-25-/t18-,19+,20?,21-,22+,23?,24-,26-,27-/m1/s1. The first-order chi connectivity index (χ1) is 14.2. The molecule has 9 atom stereocenters. The molecule has 172 valence electrons. The first-order valence-electron chi connectivity index (χ1n) is 13.2. The summed E-state index contributed by atoms with van der Waals surface area (Å²) in [6, 6.07) is 0. The Morgan fingerprint density at radius 3 is 2.40 bits per heavy atom. The van der Waals surface area contributed by atoms with Crippen molar-refractivity contribution in [3.8, 4) is 0 Å². The number of rotatable bonds is 5. The van der Waals surface area contributed by atoms with Gasteiger partial charge in [0.1, 0.15) is 0 Å². The minimum Gasteiger partial charge on any atom is -0.393 e. The van der Waals surface area contributed by atoms with Gasteiger partial charge < -0.3 is 10.9 Å². The van der Waals surface area contributed by atoms with Gasteiger partial charge in [0.25, 0.3) is 0 Å². The minimum atomic E-state index is -0.159. The fraction of sp³-hybridized carbons (Fsp3) is 0.963. The molecule has 2 unspecified atom stereocenters. The molecule has 30 heavy (non-hydrogen) atoms. The van der Waals surface area contributed by atoms with Crippen molar-refractivity contribution in [2.45, 2.75) is 111 Å². The van der Waals surface area contributed by atoms with E-state index in [1.807, 2.05) is 0 Å². The van der Waals surface area contributed by atoms with E-state index in [2.05, 4.69) is 39.7 Å². The van der Waals surface area contributed by atoms with Crippen molar-refractivity contribution in [1.29, 1.82) is 0 Å². The van der Waals surface area contributed by atoms with Crippen molar-refractivity contribution in [3.63, 3.8) is 0 Å². The average molecular weight is 417 g/mol. The third-order valence-corrected chi connectivity index (χ3v) is 10.8. The molecule has 4 fully saturated rings. The molecule has 0 spiro atoms. The van der Waals surface area contributed by atoms with Crippen LogP contribution in [-0.2, 0) is 0 Å². The molecule has 0 aromatic rings. The van der Waals surface area contributed by atoms with Crippen LogP contribution in [0, 0.1) is 52.3 Å². The summed E-state index contributed by atoms with van der Waals surface area (Å²) in [5.41, 5.74) is 2.04. The van der Waals surface area contributed by atoms with Crippen LogP contribution in [0.3, 0.4) is 0 Å². The zero-order valence-corrected chi connectivity index (χ0v) is 20.4. The van der Waals surface area contributed by atoms with E-state index >= 15 is 0 Å². The van der Waals surface area contributed by atoms with Crippen molar-refractivity contribution in [3.05, 3.63) is 0 Å². The first kappa shape index (κ1) is 22.6. The van der Waals surface area contributed by atoms with Crippen LogP contribution in [0.1, 0.15) is 105 Å². The van der Waals surface area contributed by atoms with Crippen LogP contribution in [0.25, 0.3) is 0 Å². The maximum absolute atomic E-state index is 10.4.